The molecule has 7 heteroatoms. The zero-order valence-electron chi connectivity index (χ0n) is 18.8. The van der Waals surface area contributed by atoms with Crippen molar-refractivity contribution < 1.29 is 13.6 Å². The maximum atomic E-state index is 13.5. The standard InChI is InChI=1S/C25H29FN4O2/c1-16(2)25-29-28-23(32-25)7-8-24(31)30-10-9-20(15-30)22-14-19(11-17(3)27-22)12-18-5-4-6-21(26)13-18/h4-6,11,13-14,16,20H,7-10,12,15H2,1-3H3/t20-/m0/s1. The summed E-state index contributed by atoms with van der Waals surface area (Å²) in [7, 11) is 0. The first kappa shape index (κ1) is 22.1. The lowest BCUT2D eigenvalue weighted by atomic mass is 9.98. The van der Waals surface area contributed by atoms with Crippen LogP contribution in [0.25, 0.3) is 0 Å². The lowest BCUT2D eigenvalue weighted by molar-refractivity contribution is -0.130. The molecule has 0 unspecified atom stereocenters. The number of carbonyl (C=O) groups excluding carboxylic acids is 1. The molecule has 1 aromatic carbocycles. The fourth-order valence-corrected chi connectivity index (χ4v) is 4.16. The first-order chi connectivity index (χ1) is 15.4. The molecule has 6 nitrogen and oxygen atoms in total. The summed E-state index contributed by atoms with van der Waals surface area (Å²) in [6.07, 6.45) is 2.37. The summed E-state index contributed by atoms with van der Waals surface area (Å²) in [6, 6.07) is 10.8. The highest BCUT2D eigenvalue weighted by Gasteiger charge is 2.28. The third-order valence-corrected chi connectivity index (χ3v) is 5.82. The van der Waals surface area contributed by atoms with Crippen LogP contribution in [0.1, 0.15) is 72.8 Å². The number of aromatic nitrogens is 3. The lowest BCUT2D eigenvalue weighted by Crippen LogP contribution is -2.28. The average molecular weight is 437 g/mol. The molecule has 0 bridgehead atoms. The van der Waals surface area contributed by atoms with Crippen LogP contribution in [0.3, 0.4) is 0 Å². The molecule has 168 valence electrons. The van der Waals surface area contributed by atoms with Crippen LogP contribution >= 0.6 is 0 Å². The Morgan fingerprint density at radius 3 is 2.81 bits per heavy atom. The minimum atomic E-state index is -0.223. The second kappa shape index (κ2) is 9.59. The third-order valence-electron chi connectivity index (χ3n) is 5.82. The Balaban J connectivity index is 1.37. The van der Waals surface area contributed by atoms with Gasteiger partial charge in [-0.3, -0.25) is 9.78 Å². The van der Waals surface area contributed by atoms with Gasteiger partial charge in [0, 0.05) is 49.2 Å². The topological polar surface area (TPSA) is 72.1 Å². The van der Waals surface area contributed by atoms with Gasteiger partial charge in [-0.15, -0.1) is 10.2 Å². The number of nitrogens with zero attached hydrogens (tertiary/aromatic N) is 4. The highest BCUT2D eigenvalue weighted by molar-refractivity contribution is 5.76. The smallest absolute Gasteiger partial charge is 0.223 e. The number of pyridine rings is 1. The van der Waals surface area contributed by atoms with Gasteiger partial charge in [0.15, 0.2) is 0 Å². The molecular weight excluding hydrogens is 407 g/mol. The molecule has 32 heavy (non-hydrogen) atoms. The van der Waals surface area contributed by atoms with Crippen LogP contribution in [0.5, 0.6) is 0 Å². The molecule has 1 amide bonds. The number of benzene rings is 1. The van der Waals surface area contributed by atoms with Gasteiger partial charge in [0.05, 0.1) is 0 Å². The molecule has 1 atom stereocenters. The second-order valence-corrected chi connectivity index (χ2v) is 8.86. The molecular formula is C25H29FN4O2. The number of halogens is 1. The fourth-order valence-electron chi connectivity index (χ4n) is 4.16. The Kier molecular flexibility index (Phi) is 6.63. The van der Waals surface area contributed by atoms with E-state index in [1.54, 1.807) is 12.1 Å². The molecule has 1 aliphatic heterocycles. The van der Waals surface area contributed by atoms with Gasteiger partial charge in [-0.05, 0) is 55.2 Å². The molecule has 3 aromatic rings. The summed E-state index contributed by atoms with van der Waals surface area (Å²) >= 11 is 0. The van der Waals surface area contributed by atoms with E-state index in [2.05, 4.69) is 16.3 Å². The second-order valence-electron chi connectivity index (χ2n) is 8.86. The Hall–Kier alpha value is -3.09. The van der Waals surface area contributed by atoms with E-state index >= 15 is 0 Å². The molecule has 0 N–H and O–H groups in total. The third kappa shape index (κ3) is 5.39. The van der Waals surface area contributed by atoms with Gasteiger partial charge in [-0.25, -0.2) is 4.39 Å². The zero-order valence-corrected chi connectivity index (χ0v) is 18.8. The lowest BCUT2D eigenvalue weighted by Gasteiger charge is -2.17. The van der Waals surface area contributed by atoms with Gasteiger partial charge in [0.1, 0.15) is 5.82 Å². The minimum Gasteiger partial charge on any atom is -0.425 e. The van der Waals surface area contributed by atoms with Crippen LogP contribution < -0.4 is 0 Å². The van der Waals surface area contributed by atoms with E-state index in [-0.39, 0.29) is 23.6 Å². The quantitative estimate of drug-likeness (QED) is 0.542. The predicted molar refractivity (Wildman–Crippen MR) is 119 cm³/mol. The molecule has 1 saturated heterocycles. The van der Waals surface area contributed by atoms with Gasteiger partial charge >= 0.3 is 0 Å². The molecule has 4 rings (SSSR count). The largest absolute Gasteiger partial charge is 0.425 e. The summed E-state index contributed by atoms with van der Waals surface area (Å²) in [4.78, 5) is 19.4. The van der Waals surface area contributed by atoms with Crippen LogP contribution in [0.4, 0.5) is 4.39 Å². The van der Waals surface area contributed by atoms with Crippen molar-refractivity contribution in [3.8, 4) is 0 Å². The molecule has 0 aliphatic carbocycles. The number of amides is 1. The minimum absolute atomic E-state index is 0.101. The molecule has 1 aliphatic rings. The van der Waals surface area contributed by atoms with Gasteiger partial charge < -0.3 is 9.32 Å². The molecule has 0 saturated carbocycles. The molecule has 0 radical (unpaired) electrons. The summed E-state index contributed by atoms with van der Waals surface area (Å²) in [5.41, 5.74) is 3.99. The van der Waals surface area contributed by atoms with Crippen LogP contribution in [-0.2, 0) is 17.6 Å². The zero-order chi connectivity index (χ0) is 22.7. The van der Waals surface area contributed by atoms with E-state index in [1.807, 2.05) is 37.8 Å². The van der Waals surface area contributed by atoms with Gasteiger partial charge in [-0.2, -0.15) is 0 Å². The Labute approximate surface area is 187 Å². The molecule has 1 fully saturated rings. The van der Waals surface area contributed by atoms with Crippen molar-refractivity contribution in [3.05, 3.63) is 76.5 Å². The normalized spacial score (nSPS) is 16.2. The van der Waals surface area contributed by atoms with Gasteiger partial charge in [0.2, 0.25) is 17.7 Å². The van der Waals surface area contributed by atoms with E-state index in [4.69, 9.17) is 9.40 Å². The number of hydrogen-bond donors (Lipinski definition) is 0. The number of carbonyl (C=O) groups is 1. The maximum Gasteiger partial charge on any atom is 0.223 e. The predicted octanol–water partition coefficient (Wildman–Crippen LogP) is 4.58. The van der Waals surface area contributed by atoms with Crippen LogP contribution in [-0.4, -0.2) is 39.1 Å². The first-order valence-electron chi connectivity index (χ1n) is 11.2. The molecule has 0 spiro atoms. The van der Waals surface area contributed by atoms with Crippen LogP contribution in [0.2, 0.25) is 0 Å². The highest BCUT2D eigenvalue weighted by atomic mass is 19.1. The fraction of sp³-hybridized carbons (Fsp3) is 0.440. The number of rotatable bonds is 7. The van der Waals surface area contributed by atoms with E-state index in [0.717, 1.165) is 35.5 Å². The van der Waals surface area contributed by atoms with E-state index in [0.29, 0.717) is 37.6 Å². The van der Waals surface area contributed by atoms with Crippen molar-refractivity contribution in [1.82, 2.24) is 20.1 Å². The average Bonchev–Trinajstić information content (AvgIpc) is 3.42. The van der Waals surface area contributed by atoms with Crippen molar-refractivity contribution in [1.29, 1.82) is 0 Å². The van der Waals surface area contributed by atoms with Crippen molar-refractivity contribution in [2.24, 2.45) is 0 Å². The van der Waals surface area contributed by atoms with Crippen molar-refractivity contribution in [3.63, 3.8) is 0 Å². The SMILES string of the molecule is Cc1cc(Cc2cccc(F)c2)cc([C@H]2CCN(C(=O)CCc3nnc(C(C)C)o3)C2)n1. The summed E-state index contributed by atoms with van der Waals surface area (Å²) in [6.45, 7) is 7.35. The number of aryl methyl sites for hydroxylation is 2. The van der Waals surface area contributed by atoms with Crippen molar-refractivity contribution in [2.75, 3.05) is 13.1 Å². The van der Waals surface area contributed by atoms with E-state index in [1.165, 1.54) is 6.07 Å². The Bertz CT molecular complexity index is 1100. The maximum absolute atomic E-state index is 13.5. The van der Waals surface area contributed by atoms with Crippen LogP contribution in [0, 0.1) is 12.7 Å². The summed E-state index contributed by atoms with van der Waals surface area (Å²) in [5, 5.41) is 8.06. The monoisotopic (exact) mass is 436 g/mol. The van der Waals surface area contributed by atoms with Crippen molar-refractivity contribution in [2.45, 2.75) is 58.3 Å². The van der Waals surface area contributed by atoms with Crippen molar-refractivity contribution >= 4 is 5.91 Å². The van der Waals surface area contributed by atoms with Gasteiger partial charge in [0.25, 0.3) is 0 Å². The van der Waals surface area contributed by atoms with Crippen LogP contribution in [0.15, 0.2) is 40.8 Å². The number of hydrogen-bond acceptors (Lipinski definition) is 5. The molecule has 3 heterocycles. The van der Waals surface area contributed by atoms with E-state index < -0.39 is 0 Å². The Morgan fingerprint density at radius 2 is 2.06 bits per heavy atom. The van der Waals surface area contributed by atoms with E-state index in [9.17, 15) is 9.18 Å². The number of likely N-dealkylation sites (tertiary alicyclic amines) is 1. The summed E-state index contributed by atoms with van der Waals surface area (Å²) < 4.78 is 19.1. The first-order valence-corrected chi connectivity index (χ1v) is 11.2. The Morgan fingerprint density at radius 1 is 1.22 bits per heavy atom. The molecule has 2 aromatic heterocycles. The summed E-state index contributed by atoms with van der Waals surface area (Å²) in [5.74, 6) is 1.39. The van der Waals surface area contributed by atoms with Gasteiger partial charge in [-0.1, -0.05) is 26.0 Å². The highest BCUT2D eigenvalue weighted by Crippen LogP contribution is 2.28.